The molecule has 0 bridgehead atoms. The third kappa shape index (κ3) is 4.44. The van der Waals surface area contributed by atoms with Crippen molar-refractivity contribution in [2.45, 2.75) is 26.8 Å². The number of amides is 2. The number of nitrogens with one attached hydrogen (secondary N) is 2. The smallest absolute Gasteiger partial charge is 0.254 e. The van der Waals surface area contributed by atoms with Gasteiger partial charge in [0.25, 0.3) is 5.91 Å². The molecule has 2 aromatic rings. The first-order valence-electron chi connectivity index (χ1n) is 7.08. The van der Waals surface area contributed by atoms with Crippen molar-refractivity contribution in [1.82, 2.24) is 15.6 Å². The first-order valence-corrected chi connectivity index (χ1v) is 7.08. The fourth-order valence-corrected chi connectivity index (χ4v) is 2.02. The third-order valence-electron chi connectivity index (χ3n) is 3.12. The number of rotatable bonds is 6. The van der Waals surface area contributed by atoms with Crippen LogP contribution in [0.25, 0.3) is 0 Å². The van der Waals surface area contributed by atoms with Gasteiger partial charge in [-0.25, -0.2) is 0 Å². The lowest BCUT2D eigenvalue weighted by molar-refractivity contribution is -0.121. The van der Waals surface area contributed by atoms with E-state index >= 15 is 0 Å². The summed E-state index contributed by atoms with van der Waals surface area (Å²) in [6.07, 6.45) is 1.89. The van der Waals surface area contributed by atoms with Crippen LogP contribution in [0.5, 0.6) is 0 Å². The molecule has 0 atom stereocenters. The normalized spacial score (nSPS) is 10.3. The molecule has 2 N–H and O–H groups in total. The standard InChI is InChI=1S/C16H19N3O3/c1-11-9-14(12(2)22-11)16(21)18-8-6-15(20)19-10-13-5-3-4-7-17-13/h3-5,7,9H,6,8,10H2,1-2H3,(H,18,21)(H,19,20). The SMILES string of the molecule is Cc1cc(C(=O)NCCC(=O)NCc2ccccn2)c(C)o1. The minimum absolute atomic E-state index is 0.133. The van der Waals surface area contributed by atoms with Crippen molar-refractivity contribution in [1.29, 1.82) is 0 Å². The second kappa shape index (κ2) is 7.40. The Labute approximate surface area is 128 Å². The molecule has 0 aliphatic carbocycles. The molecule has 116 valence electrons. The Morgan fingerprint density at radius 3 is 2.68 bits per heavy atom. The van der Waals surface area contributed by atoms with E-state index in [1.807, 2.05) is 18.2 Å². The molecule has 0 aliphatic heterocycles. The molecule has 0 aliphatic rings. The van der Waals surface area contributed by atoms with E-state index in [-0.39, 0.29) is 24.8 Å². The predicted molar refractivity (Wildman–Crippen MR) is 81.2 cm³/mol. The average Bonchev–Trinajstić information content (AvgIpc) is 2.85. The third-order valence-corrected chi connectivity index (χ3v) is 3.12. The van der Waals surface area contributed by atoms with Crippen LogP contribution in [0.4, 0.5) is 0 Å². The van der Waals surface area contributed by atoms with Crippen LogP contribution in [-0.2, 0) is 11.3 Å². The minimum Gasteiger partial charge on any atom is -0.466 e. The predicted octanol–water partition coefficient (Wildman–Crippen LogP) is 1.73. The summed E-state index contributed by atoms with van der Waals surface area (Å²) in [5.74, 6) is 0.906. The minimum atomic E-state index is -0.230. The molecule has 6 nitrogen and oxygen atoms in total. The zero-order valence-electron chi connectivity index (χ0n) is 12.7. The Morgan fingerprint density at radius 1 is 1.23 bits per heavy atom. The number of hydrogen-bond acceptors (Lipinski definition) is 4. The molecule has 22 heavy (non-hydrogen) atoms. The first kappa shape index (κ1) is 15.8. The highest BCUT2D eigenvalue weighted by Gasteiger charge is 2.13. The van der Waals surface area contributed by atoms with Crippen LogP contribution in [0, 0.1) is 13.8 Å². The Balaban J connectivity index is 1.71. The molecule has 2 aromatic heterocycles. The molecule has 0 unspecified atom stereocenters. The number of carbonyl (C=O) groups is 2. The summed E-state index contributed by atoms with van der Waals surface area (Å²) in [5, 5.41) is 5.46. The molecule has 2 amide bonds. The molecule has 0 saturated carbocycles. The van der Waals surface area contributed by atoms with Gasteiger partial charge in [-0.05, 0) is 32.0 Å². The molecule has 0 radical (unpaired) electrons. The molecular formula is C16H19N3O3. The van der Waals surface area contributed by atoms with Crippen molar-refractivity contribution in [3.63, 3.8) is 0 Å². The maximum absolute atomic E-state index is 11.9. The molecule has 0 aromatic carbocycles. The fraction of sp³-hybridized carbons (Fsp3) is 0.312. The van der Waals surface area contributed by atoms with Crippen molar-refractivity contribution in [3.05, 3.63) is 53.2 Å². The van der Waals surface area contributed by atoms with Gasteiger partial charge in [0.2, 0.25) is 5.91 Å². The van der Waals surface area contributed by atoms with Crippen LogP contribution in [0.3, 0.4) is 0 Å². The van der Waals surface area contributed by atoms with Crippen LogP contribution >= 0.6 is 0 Å². The summed E-state index contributed by atoms with van der Waals surface area (Å²) in [6.45, 7) is 4.18. The number of pyridine rings is 1. The van der Waals surface area contributed by atoms with Crippen molar-refractivity contribution in [2.24, 2.45) is 0 Å². The van der Waals surface area contributed by atoms with Gasteiger partial charge in [0.05, 0.1) is 17.8 Å². The monoisotopic (exact) mass is 301 g/mol. The van der Waals surface area contributed by atoms with Gasteiger partial charge in [0, 0.05) is 19.2 Å². The highest BCUT2D eigenvalue weighted by atomic mass is 16.3. The lowest BCUT2D eigenvalue weighted by Crippen LogP contribution is -2.30. The molecule has 2 rings (SSSR count). The van der Waals surface area contributed by atoms with Gasteiger partial charge in [-0.15, -0.1) is 0 Å². The topological polar surface area (TPSA) is 84.2 Å². The quantitative estimate of drug-likeness (QED) is 0.851. The van der Waals surface area contributed by atoms with Crippen molar-refractivity contribution < 1.29 is 14.0 Å². The molecule has 0 saturated heterocycles. The van der Waals surface area contributed by atoms with E-state index in [1.165, 1.54) is 0 Å². The van der Waals surface area contributed by atoms with Crippen LogP contribution in [0.2, 0.25) is 0 Å². The highest BCUT2D eigenvalue weighted by Crippen LogP contribution is 2.13. The van der Waals surface area contributed by atoms with E-state index in [2.05, 4.69) is 15.6 Å². The first-order chi connectivity index (χ1) is 10.6. The van der Waals surface area contributed by atoms with Crippen LogP contribution < -0.4 is 10.6 Å². The van der Waals surface area contributed by atoms with Gasteiger partial charge < -0.3 is 15.1 Å². The molecular weight excluding hydrogens is 282 g/mol. The summed E-state index contributed by atoms with van der Waals surface area (Å²) in [6, 6.07) is 7.21. The summed E-state index contributed by atoms with van der Waals surface area (Å²) >= 11 is 0. The second-order valence-electron chi connectivity index (χ2n) is 4.93. The summed E-state index contributed by atoms with van der Waals surface area (Å²) < 4.78 is 5.30. The van der Waals surface area contributed by atoms with Gasteiger partial charge >= 0.3 is 0 Å². The number of hydrogen-bond donors (Lipinski definition) is 2. The number of carbonyl (C=O) groups excluding carboxylic acids is 2. The summed E-state index contributed by atoms with van der Waals surface area (Å²) in [5.41, 5.74) is 1.30. The zero-order chi connectivity index (χ0) is 15.9. The lowest BCUT2D eigenvalue weighted by Gasteiger charge is -2.06. The molecule has 6 heteroatoms. The molecule has 2 heterocycles. The zero-order valence-corrected chi connectivity index (χ0v) is 12.7. The Hall–Kier alpha value is -2.63. The van der Waals surface area contributed by atoms with Crippen molar-refractivity contribution >= 4 is 11.8 Å². The Kier molecular flexibility index (Phi) is 5.30. The summed E-state index contributed by atoms with van der Waals surface area (Å²) in [7, 11) is 0. The van der Waals surface area contributed by atoms with Crippen LogP contribution in [0.15, 0.2) is 34.9 Å². The lowest BCUT2D eigenvalue weighted by atomic mass is 10.2. The van der Waals surface area contributed by atoms with Crippen molar-refractivity contribution in [3.8, 4) is 0 Å². The van der Waals surface area contributed by atoms with E-state index in [0.717, 1.165) is 5.69 Å². The number of nitrogens with zero attached hydrogens (tertiary/aromatic N) is 1. The molecule has 0 fully saturated rings. The van der Waals surface area contributed by atoms with E-state index in [9.17, 15) is 9.59 Å². The van der Waals surface area contributed by atoms with E-state index < -0.39 is 0 Å². The maximum Gasteiger partial charge on any atom is 0.254 e. The number of aryl methyl sites for hydroxylation is 2. The van der Waals surface area contributed by atoms with Gasteiger partial charge in [0.15, 0.2) is 0 Å². The Bertz CT molecular complexity index is 650. The largest absolute Gasteiger partial charge is 0.466 e. The van der Waals surface area contributed by atoms with E-state index in [1.54, 1.807) is 26.1 Å². The van der Waals surface area contributed by atoms with E-state index in [4.69, 9.17) is 4.42 Å². The second-order valence-corrected chi connectivity index (χ2v) is 4.93. The van der Waals surface area contributed by atoms with Gasteiger partial charge in [0.1, 0.15) is 11.5 Å². The Morgan fingerprint density at radius 2 is 2.05 bits per heavy atom. The van der Waals surface area contributed by atoms with Crippen LogP contribution in [0.1, 0.15) is 34.0 Å². The fourth-order valence-electron chi connectivity index (χ4n) is 2.02. The highest BCUT2D eigenvalue weighted by molar-refractivity contribution is 5.95. The number of aromatic nitrogens is 1. The van der Waals surface area contributed by atoms with E-state index in [0.29, 0.717) is 23.6 Å². The average molecular weight is 301 g/mol. The number of furan rings is 1. The van der Waals surface area contributed by atoms with Crippen LogP contribution in [-0.4, -0.2) is 23.3 Å². The maximum atomic E-state index is 11.9. The van der Waals surface area contributed by atoms with Gasteiger partial charge in [-0.1, -0.05) is 6.07 Å². The van der Waals surface area contributed by atoms with Gasteiger partial charge in [-0.2, -0.15) is 0 Å². The molecule has 0 spiro atoms. The van der Waals surface area contributed by atoms with Gasteiger partial charge in [-0.3, -0.25) is 14.6 Å². The summed E-state index contributed by atoms with van der Waals surface area (Å²) in [4.78, 5) is 27.7. The van der Waals surface area contributed by atoms with Crippen molar-refractivity contribution in [2.75, 3.05) is 6.54 Å².